The number of nitrogens with one attached hydrogen (secondary N) is 2. The van der Waals surface area contributed by atoms with Crippen LogP contribution in [0.4, 0.5) is 0 Å². The maximum atomic E-state index is 12.0. The molecule has 110 valence electrons. The standard InChI is InChI=1S/C12H22N2O3S2/c1-4-5-13-8-11-6-12(18-9-11)19(15,16)14-7-10(2)17-3/h6,9-10,13-14H,4-5,7-8H2,1-3H3. The third kappa shape index (κ3) is 5.58. The lowest BCUT2D eigenvalue weighted by Crippen LogP contribution is -2.31. The highest BCUT2D eigenvalue weighted by Gasteiger charge is 2.17. The molecule has 1 unspecified atom stereocenters. The lowest BCUT2D eigenvalue weighted by atomic mass is 10.3. The van der Waals surface area contributed by atoms with Gasteiger partial charge in [0.25, 0.3) is 0 Å². The Bertz CT molecular complexity index is 471. The van der Waals surface area contributed by atoms with E-state index in [2.05, 4.69) is 17.0 Å². The van der Waals surface area contributed by atoms with E-state index in [1.165, 1.54) is 11.3 Å². The van der Waals surface area contributed by atoms with Crippen molar-refractivity contribution in [2.45, 2.75) is 37.1 Å². The summed E-state index contributed by atoms with van der Waals surface area (Å²) in [6, 6.07) is 1.72. The van der Waals surface area contributed by atoms with Crippen molar-refractivity contribution < 1.29 is 13.2 Å². The molecule has 2 N–H and O–H groups in total. The molecule has 0 amide bonds. The second kappa shape index (κ2) is 7.96. The topological polar surface area (TPSA) is 67.4 Å². The minimum absolute atomic E-state index is 0.138. The number of methoxy groups -OCH3 is 1. The summed E-state index contributed by atoms with van der Waals surface area (Å²) in [6.45, 7) is 5.82. The lowest BCUT2D eigenvalue weighted by molar-refractivity contribution is 0.122. The van der Waals surface area contributed by atoms with Crippen molar-refractivity contribution in [1.29, 1.82) is 0 Å². The van der Waals surface area contributed by atoms with Crippen LogP contribution in [0.1, 0.15) is 25.8 Å². The summed E-state index contributed by atoms with van der Waals surface area (Å²) in [6.07, 6.45) is 0.923. The SMILES string of the molecule is CCCNCc1csc(S(=O)(=O)NCC(C)OC)c1. The molecule has 1 aromatic rings. The van der Waals surface area contributed by atoms with Gasteiger partial charge in [0.1, 0.15) is 4.21 Å². The molecule has 1 rings (SSSR count). The molecular weight excluding hydrogens is 284 g/mol. The van der Waals surface area contributed by atoms with Crippen molar-refractivity contribution in [2.24, 2.45) is 0 Å². The van der Waals surface area contributed by atoms with Crippen LogP contribution in [-0.4, -0.2) is 34.7 Å². The number of hydrogen-bond donors (Lipinski definition) is 2. The van der Waals surface area contributed by atoms with Gasteiger partial charge in [-0.3, -0.25) is 0 Å². The number of hydrogen-bond acceptors (Lipinski definition) is 5. The van der Waals surface area contributed by atoms with E-state index < -0.39 is 10.0 Å². The van der Waals surface area contributed by atoms with Gasteiger partial charge in [-0.25, -0.2) is 13.1 Å². The molecule has 0 aromatic carbocycles. The van der Waals surface area contributed by atoms with Gasteiger partial charge in [-0.15, -0.1) is 11.3 Å². The van der Waals surface area contributed by atoms with Gasteiger partial charge in [0.15, 0.2) is 0 Å². The van der Waals surface area contributed by atoms with Crippen LogP contribution in [0.3, 0.4) is 0 Å². The maximum Gasteiger partial charge on any atom is 0.250 e. The first-order chi connectivity index (χ1) is 8.99. The summed E-state index contributed by atoms with van der Waals surface area (Å²) in [5.41, 5.74) is 0.999. The molecule has 7 heteroatoms. The molecule has 0 aliphatic carbocycles. The Morgan fingerprint density at radius 2 is 2.21 bits per heavy atom. The Hall–Kier alpha value is -0.470. The Morgan fingerprint density at radius 1 is 1.47 bits per heavy atom. The van der Waals surface area contributed by atoms with Crippen LogP contribution in [0.5, 0.6) is 0 Å². The highest BCUT2D eigenvalue weighted by Crippen LogP contribution is 2.20. The number of sulfonamides is 1. The smallest absolute Gasteiger partial charge is 0.250 e. The summed E-state index contributed by atoms with van der Waals surface area (Å²) in [5, 5.41) is 5.12. The summed E-state index contributed by atoms with van der Waals surface area (Å²) in [5.74, 6) is 0. The number of thiophene rings is 1. The molecule has 1 heterocycles. The molecule has 1 atom stereocenters. The monoisotopic (exact) mass is 306 g/mol. The van der Waals surface area contributed by atoms with Gasteiger partial charge in [-0.05, 0) is 36.9 Å². The van der Waals surface area contributed by atoms with E-state index >= 15 is 0 Å². The fourth-order valence-corrected chi connectivity index (χ4v) is 3.75. The van der Waals surface area contributed by atoms with Gasteiger partial charge in [-0.2, -0.15) is 0 Å². The van der Waals surface area contributed by atoms with Gasteiger partial charge < -0.3 is 10.1 Å². The molecule has 0 saturated heterocycles. The fourth-order valence-electron chi connectivity index (χ4n) is 1.38. The normalized spacial score (nSPS) is 13.6. The summed E-state index contributed by atoms with van der Waals surface area (Å²) in [4.78, 5) is 0. The average molecular weight is 306 g/mol. The first kappa shape index (κ1) is 16.6. The zero-order valence-corrected chi connectivity index (χ0v) is 13.2. The van der Waals surface area contributed by atoms with E-state index in [9.17, 15) is 8.42 Å². The molecule has 0 aliphatic rings. The molecule has 0 aliphatic heterocycles. The van der Waals surface area contributed by atoms with Crippen molar-refractivity contribution in [3.05, 3.63) is 17.0 Å². The minimum Gasteiger partial charge on any atom is -0.380 e. The van der Waals surface area contributed by atoms with E-state index in [4.69, 9.17) is 4.74 Å². The van der Waals surface area contributed by atoms with Crippen LogP contribution in [0.2, 0.25) is 0 Å². The lowest BCUT2D eigenvalue weighted by Gasteiger charge is -2.10. The molecule has 0 radical (unpaired) electrons. The highest BCUT2D eigenvalue weighted by molar-refractivity contribution is 7.91. The van der Waals surface area contributed by atoms with Crippen LogP contribution < -0.4 is 10.0 Å². The van der Waals surface area contributed by atoms with Crippen molar-refractivity contribution >= 4 is 21.4 Å². The number of ether oxygens (including phenoxy) is 1. The Kier molecular flexibility index (Phi) is 6.95. The minimum atomic E-state index is -3.41. The Balaban J connectivity index is 2.58. The van der Waals surface area contributed by atoms with E-state index in [1.54, 1.807) is 13.2 Å². The predicted octanol–water partition coefficient (Wildman–Crippen LogP) is 1.56. The van der Waals surface area contributed by atoms with Gasteiger partial charge in [0, 0.05) is 20.2 Å². The van der Waals surface area contributed by atoms with Gasteiger partial charge >= 0.3 is 0 Å². The highest BCUT2D eigenvalue weighted by atomic mass is 32.2. The largest absolute Gasteiger partial charge is 0.380 e. The first-order valence-electron chi connectivity index (χ1n) is 6.30. The molecule has 0 fully saturated rings. The van der Waals surface area contributed by atoms with E-state index in [-0.39, 0.29) is 12.6 Å². The van der Waals surface area contributed by atoms with Crippen LogP contribution in [0.25, 0.3) is 0 Å². The number of rotatable bonds is 9. The van der Waals surface area contributed by atoms with Gasteiger partial charge in [-0.1, -0.05) is 6.92 Å². The molecule has 19 heavy (non-hydrogen) atoms. The van der Waals surface area contributed by atoms with Gasteiger partial charge in [0.05, 0.1) is 6.10 Å². The predicted molar refractivity (Wildman–Crippen MR) is 78.0 cm³/mol. The molecule has 0 spiro atoms. The molecule has 0 bridgehead atoms. The first-order valence-corrected chi connectivity index (χ1v) is 8.66. The van der Waals surface area contributed by atoms with Crippen molar-refractivity contribution in [3.8, 4) is 0 Å². The second-order valence-electron chi connectivity index (χ2n) is 4.35. The summed E-state index contributed by atoms with van der Waals surface area (Å²) in [7, 11) is -1.86. The molecule has 5 nitrogen and oxygen atoms in total. The molecular formula is C12H22N2O3S2. The summed E-state index contributed by atoms with van der Waals surface area (Å²) >= 11 is 1.24. The van der Waals surface area contributed by atoms with E-state index in [1.807, 2.05) is 12.3 Å². The third-order valence-corrected chi connectivity index (χ3v) is 5.53. The Labute approximate surface area is 119 Å². The quantitative estimate of drug-likeness (QED) is 0.680. The summed E-state index contributed by atoms with van der Waals surface area (Å²) < 4.78 is 32.0. The van der Waals surface area contributed by atoms with Gasteiger partial charge in [0.2, 0.25) is 10.0 Å². The van der Waals surface area contributed by atoms with Crippen LogP contribution in [0.15, 0.2) is 15.7 Å². The van der Waals surface area contributed by atoms with Crippen LogP contribution >= 0.6 is 11.3 Å². The van der Waals surface area contributed by atoms with Crippen LogP contribution in [-0.2, 0) is 21.3 Å². The third-order valence-electron chi connectivity index (χ3n) is 2.61. The van der Waals surface area contributed by atoms with Crippen molar-refractivity contribution in [1.82, 2.24) is 10.0 Å². The van der Waals surface area contributed by atoms with Crippen molar-refractivity contribution in [3.63, 3.8) is 0 Å². The average Bonchev–Trinajstić information content (AvgIpc) is 2.86. The maximum absolute atomic E-state index is 12.0. The van der Waals surface area contributed by atoms with Crippen molar-refractivity contribution in [2.75, 3.05) is 20.2 Å². The van der Waals surface area contributed by atoms with E-state index in [0.717, 1.165) is 18.5 Å². The van der Waals surface area contributed by atoms with E-state index in [0.29, 0.717) is 10.8 Å². The second-order valence-corrected chi connectivity index (χ2v) is 7.25. The molecule has 1 aromatic heterocycles. The zero-order chi connectivity index (χ0) is 14.3. The molecule has 0 saturated carbocycles. The van der Waals surface area contributed by atoms with Crippen LogP contribution in [0, 0.1) is 0 Å². The fraction of sp³-hybridized carbons (Fsp3) is 0.667. The zero-order valence-electron chi connectivity index (χ0n) is 11.6. The Morgan fingerprint density at radius 3 is 2.84 bits per heavy atom.